The van der Waals surface area contributed by atoms with Gasteiger partial charge in [-0.2, -0.15) is 12.7 Å². The third-order valence-corrected chi connectivity index (χ3v) is 7.15. The number of benzene rings is 2. The summed E-state index contributed by atoms with van der Waals surface area (Å²) < 4.78 is 25.2. The number of nitrogens with two attached hydrogens (primary N) is 1. The van der Waals surface area contributed by atoms with E-state index in [1.54, 1.807) is 6.20 Å². The normalized spacial score (nSPS) is 17.0. The second-order valence-electron chi connectivity index (χ2n) is 8.41. The Morgan fingerprint density at radius 3 is 2.59 bits per heavy atom. The van der Waals surface area contributed by atoms with Gasteiger partial charge in [-0.3, -0.25) is 4.98 Å². The average molecular weight is 475 g/mol. The summed E-state index contributed by atoms with van der Waals surface area (Å²) in [4.78, 5) is 14.2. The van der Waals surface area contributed by atoms with Crippen LogP contribution in [0, 0.1) is 0 Å². The summed E-state index contributed by atoms with van der Waals surface area (Å²) in [5.41, 5.74) is 3.81. The van der Waals surface area contributed by atoms with E-state index in [9.17, 15) is 8.42 Å². The highest BCUT2D eigenvalue weighted by molar-refractivity contribution is 7.86. The summed E-state index contributed by atoms with van der Waals surface area (Å²) >= 11 is 0. The molecule has 1 saturated heterocycles. The van der Waals surface area contributed by atoms with Crippen molar-refractivity contribution < 1.29 is 8.42 Å². The van der Waals surface area contributed by atoms with E-state index in [0.29, 0.717) is 31.2 Å². The molecule has 1 fully saturated rings. The van der Waals surface area contributed by atoms with Crippen LogP contribution in [0.2, 0.25) is 0 Å². The highest BCUT2D eigenvalue weighted by Gasteiger charge is 2.29. The molecule has 9 heteroatoms. The molecule has 1 aliphatic heterocycles. The largest absolute Gasteiger partial charge is 0.364 e. The van der Waals surface area contributed by atoms with Crippen LogP contribution in [-0.4, -0.2) is 40.8 Å². The monoisotopic (exact) mass is 474 g/mol. The second kappa shape index (κ2) is 9.46. The van der Waals surface area contributed by atoms with E-state index in [2.05, 4.69) is 28.5 Å². The first-order valence-electron chi connectivity index (χ1n) is 11.3. The molecule has 2 aromatic carbocycles. The zero-order valence-electron chi connectivity index (χ0n) is 18.6. The first-order chi connectivity index (χ1) is 16.5. The molecule has 1 unspecified atom stereocenters. The number of fused-ring (bicyclic) bond motifs is 1. The second-order valence-corrected chi connectivity index (χ2v) is 9.96. The molecule has 3 heterocycles. The number of nitrogens with zero attached hydrogens (tertiary/aromatic N) is 4. The molecule has 0 aliphatic carbocycles. The molecule has 0 saturated carbocycles. The fraction of sp³-hybridized carbons (Fsp3) is 0.240. The average Bonchev–Trinajstić information content (AvgIpc) is 2.87. The number of nitrogens with one attached hydrogen (secondary N) is 1. The van der Waals surface area contributed by atoms with Crippen LogP contribution in [-0.2, 0) is 16.8 Å². The number of piperidine rings is 1. The van der Waals surface area contributed by atoms with Crippen molar-refractivity contribution in [3.05, 3.63) is 84.4 Å². The minimum atomic E-state index is -3.75. The van der Waals surface area contributed by atoms with Gasteiger partial charge in [0.1, 0.15) is 11.6 Å². The molecule has 0 amide bonds. The number of pyridine rings is 1. The van der Waals surface area contributed by atoms with Gasteiger partial charge in [-0.05, 0) is 42.2 Å². The highest BCUT2D eigenvalue weighted by atomic mass is 32.2. The van der Waals surface area contributed by atoms with Gasteiger partial charge in [0.05, 0.1) is 23.1 Å². The van der Waals surface area contributed by atoms with Crippen molar-refractivity contribution in [1.82, 2.24) is 19.3 Å². The lowest BCUT2D eigenvalue weighted by Crippen LogP contribution is -2.43. The van der Waals surface area contributed by atoms with Gasteiger partial charge in [-0.1, -0.05) is 48.5 Å². The predicted octanol–water partition coefficient (Wildman–Crippen LogP) is 3.69. The van der Waals surface area contributed by atoms with Crippen LogP contribution >= 0.6 is 0 Å². The molecule has 34 heavy (non-hydrogen) atoms. The summed E-state index contributed by atoms with van der Waals surface area (Å²) in [7, 11) is -3.75. The van der Waals surface area contributed by atoms with Crippen LogP contribution in [0.3, 0.4) is 0 Å². The van der Waals surface area contributed by atoms with E-state index in [1.807, 2.05) is 48.5 Å². The molecule has 3 N–H and O–H groups in total. The minimum absolute atomic E-state index is 0.132. The molecular formula is C25H26N6O2S. The van der Waals surface area contributed by atoms with Gasteiger partial charge in [-0.25, -0.2) is 15.1 Å². The molecule has 0 spiro atoms. The van der Waals surface area contributed by atoms with Gasteiger partial charge in [-0.15, -0.1) is 0 Å². The predicted molar refractivity (Wildman–Crippen MR) is 133 cm³/mol. The van der Waals surface area contributed by atoms with E-state index in [4.69, 9.17) is 15.1 Å². The molecular weight excluding hydrogens is 448 g/mol. The Bertz CT molecular complexity index is 1400. The lowest BCUT2D eigenvalue weighted by Gasteiger charge is -2.30. The first kappa shape index (κ1) is 22.4. The quantitative estimate of drug-likeness (QED) is 0.441. The standard InChI is InChI=1S/C25H26N6O2S/c26-34(32,33)31-15-7-10-19(17-31)24-29-22-13-6-12-21(18-8-2-1-3-9-18)23(22)25(30-24)28-16-20-11-4-5-14-27-20/h1-6,8-9,11-14,19H,7,10,15-17H2,(H2,26,32,33)(H,28,29,30). The van der Waals surface area contributed by atoms with Crippen molar-refractivity contribution in [2.75, 3.05) is 18.4 Å². The van der Waals surface area contributed by atoms with Crippen molar-refractivity contribution >= 4 is 26.9 Å². The van der Waals surface area contributed by atoms with E-state index >= 15 is 0 Å². The van der Waals surface area contributed by atoms with Gasteiger partial charge >= 0.3 is 0 Å². The first-order valence-corrected chi connectivity index (χ1v) is 12.8. The third-order valence-electron chi connectivity index (χ3n) is 6.10. The molecule has 8 nitrogen and oxygen atoms in total. The summed E-state index contributed by atoms with van der Waals surface area (Å²) in [5, 5.41) is 9.79. The summed E-state index contributed by atoms with van der Waals surface area (Å²) in [6, 6.07) is 22.0. The maximum atomic E-state index is 11.9. The van der Waals surface area contributed by atoms with Gasteiger partial charge in [0, 0.05) is 25.2 Å². The Labute approximate surface area is 199 Å². The maximum absolute atomic E-state index is 11.9. The minimum Gasteiger partial charge on any atom is -0.364 e. The molecule has 2 aromatic heterocycles. The Morgan fingerprint density at radius 2 is 1.82 bits per heavy atom. The highest BCUT2D eigenvalue weighted by Crippen LogP contribution is 2.35. The van der Waals surface area contributed by atoms with Crippen LogP contribution in [0.15, 0.2) is 72.9 Å². The number of anilines is 1. The van der Waals surface area contributed by atoms with E-state index in [0.717, 1.165) is 34.1 Å². The van der Waals surface area contributed by atoms with Crippen molar-refractivity contribution in [1.29, 1.82) is 0 Å². The molecule has 1 atom stereocenters. The summed E-state index contributed by atoms with van der Waals surface area (Å²) in [6.07, 6.45) is 3.28. The molecule has 5 rings (SSSR count). The van der Waals surface area contributed by atoms with Crippen molar-refractivity contribution in [3.63, 3.8) is 0 Å². The third kappa shape index (κ3) is 4.77. The maximum Gasteiger partial charge on any atom is 0.276 e. The lowest BCUT2D eigenvalue weighted by atomic mass is 9.97. The fourth-order valence-corrected chi connectivity index (χ4v) is 5.20. The molecule has 0 bridgehead atoms. The van der Waals surface area contributed by atoms with Gasteiger partial charge in [0.15, 0.2) is 0 Å². The van der Waals surface area contributed by atoms with Crippen LogP contribution < -0.4 is 10.5 Å². The molecule has 4 aromatic rings. The van der Waals surface area contributed by atoms with Crippen LogP contribution in [0.4, 0.5) is 5.82 Å². The Morgan fingerprint density at radius 1 is 1.00 bits per heavy atom. The van der Waals surface area contributed by atoms with E-state index in [1.165, 1.54) is 4.31 Å². The molecule has 1 aliphatic rings. The zero-order chi connectivity index (χ0) is 23.5. The van der Waals surface area contributed by atoms with Crippen LogP contribution in [0.25, 0.3) is 22.0 Å². The van der Waals surface area contributed by atoms with Crippen LogP contribution in [0.5, 0.6) is 0 Å². The van der Waals surface area contributed by atoms with Crippen molar-refractivity contribution in [3.8, 4) is 11.1 Å². The van der Waals surface area contributed by atoms with Crippen molar-refractivity contribution in [2.24, 2.45) is 5.14 Å². The lowest BCUT2D eigenvalue weighted by molar-refractivity contribution is 0.310. The van der Waals surface area contributed by atoms with Crippen LogP contribution in [0.1, 0.15) is 30.3 Å². The zero-order valence-corrected chi connectivity index (χ0v) is 19.4. The number of hydrogen-bond acceptors (Lipinski definition) is 6. The number of rotatable bonds is 6. The van der Waals surface area contributed by atoms with Gasteiger partial charge < -0.3 is 5.32 Å². The Hall–Kier alpha value is -3.40. The van der Waals surface area contributed by atoms with E-state index < -0.39 is 10.2 Å². The van der Waals surface area contributed by atoms with Crippen molar-refractivity contribution in [2.45, 2.75) is 25.3 Å². The van der Waals surface area contributed by atoms with Gasteiger partial charge in [0.2, 0.25) is 0 Å². The van der Waals surface area contributed by atoms with Gasteiger partial charge in [0.25, 0.3) is 10.2 Å². The number of aromatic nitrogens is 3. The number of hydrogen-bond donors (Lipinski definition) is 2. The smallest absolute Gasteiger partial charge is 0.276 e. The molecule has 0 radical (unpaired) electrons. The SMILES string of the molecule is NS(=O)(=O)N1CCCC(c2nc(NCc3ccccn3)c3c(-c4ccccc4)cccc3n2)C1. The fourth-order valence-electron chi connectivity index (χ4n) is 4.43. The molecule has 174 valence electrons. The Kier molecular flexibility index (Phi) is 6.23. The Balaban J connectivity index is 1.60. The topological polar surface area (TPSA) is 114 Å². The summed E-state index contributed by atoms with van der Waals surface area (Å²) in [6.45, 7) is 1.21. The summed E-state index contributed by atoms with van der Waals surface area (Å²) in [5.74, 6) is 1.19. The van der Waals surface area contributed by atoms with E-state index in [-0.39, 0.29) is 12.5 Å².